The molecule has 0 amide bonds. The third-order valence-electron chi connectivity index (χ3n) is 4.56. The summed E-state index contributed by atoms with van der Waals surface area (Å²) >= 11 is 0. The predicted molar refractivity (Wildman–Crippen MR) is 100 cm³/mol. The molecule has 1 saturated heterocycles. The Morgan fingerprint density at radius 2 is 2.38 bits per heavy atom. The first kappa shape index (κ1) is 20.4. The van der Waals surface area contributed by atoms with Gasteiger partial charge in [-0.05, 0) is 19.2 Å². The van der Waals surface area contributed by atoms with Crippen LogP contribution in [0.5, 0.6) is 0 Å². The summed E-state index contributed by atoms with van der Waals surface area (Å²) in [5.74, 6) is 8.62. The fraction of sp³-hybridized carbons (Fsp3) is 0.588. The van der Waals surface area contributed by atoms with Gasteiger partial charge in [-0.3, -0.25) is 4.99 Å². The third-order valence-corrected chi connectivity index (χ3v) is 4.56. The summed E-state index contributed by atoms with van der Waals surface area (Å²) in [7, 11) is 1.88. The van der Waals surface area contributed by atoms with Gasteiger partial charge in [0.2, 0.25) is 6.41 Å². The van der Waals surface area contributed by atoms with Gasteiger partial charge in [-0.1, -0.05) is 13.0 Å². The second-order valence-electron chi connectivity index (χ2n) is 6.53. The summed E-state index contributed by atoms with van der Waals surface area (Å²) in [4.78, 5) is 5.88. The van der Waals surface area contributed by atoms with E-state index in [1.54, 1.807) is 4.90 Å². The number of rotatable bonds is 8. The normalized spacial score (nSPS) is 30.8. The molecule has 0 saturated carbocycles. The van der Waals surface area contributed by atoms with Crippen LogP contribution in [-0.4, -0.2) is 72.7 Å². The SMILES string of the molecule is CNCC[NH+]([NH-])C1C=CC(N2CC(CN=C(N)/C=C\O)OC2O)=CC1C. The van der Waals surface area contributed by atoms with E-state index in [4.69, 9.17) is 21.4 Å². The highest BCUT2D eigenvalue weighted by molar-refractivity contribution is 5.91. The Balaban J connectivity index is 1.95. The molecule has 0 spiro atoms. The largest absolute Gasteiger partial charge is 0.515 e. The lowest BCUT2D eigenvalue weighted by molar-refractivity contribution is -0.870. The monoisotopic (exact) mass is 366 g/mol. The van der Waals surface area contributed by atoms with Crippen LogP contribution >= 0.6 is 0 Å². The number of amidine groups is 1. The van der Waals surface area contributed by atoms with Crippen LogP contribution in [0.2, 0.25) is 0 Å². The molecule has 5 unspecified atom stereocenters. The summed E-state index contributed by atoms with van der Waals surface area (Å²) in [5.41, 5.74) is 6.48. The Labute approximate surface area is 154 Å². The van der Waals surface area contributed by atoms with Crippen LogP contribution in [0.3, 0.4) is 0 Å². The molecule has 0 bridgehead atoms. The Morgan fingerprint density at radius 3 is 3.04 bits per heavy atom. The fourth-order valence-electron chi connectivity index (χ4n) is 3.13. The first-order chi connectivity index (χ1) is 12.5. The van der Waals surface area contributed by atoms with Crippen molar-refractivity contribution in [2.45, 2.75) is 25.5 Å². The molecule has 9 heteroatoms. The number of aliphatic imine (C=N–C) groups is 1. The van der Waals surface area contributed by atoms with Gasteiger partial charge in [0.15, 0.2) is 0 Å². The van der Waals surface area contributed by atoms with E-state index in [2.05, 4.69) is 23.3 Å². The van der Waals surface area contributed by atoms with Crippen LogP contribution in [0.1, 0.15) is 6.92 Å². The zero-order chi connectivity index (χ0) is 19.1. The van der Waals surface area contributed by atoms with Crippen molar-refractivity contribution in [3.05, 3.63) is 42.1 Å². The minimum atomic E-state index is -1.03. The number of nitrogens with zero attached hydrogens (tertiary/aromatic N) is 2. The highest BCUT2D eigenvalue weighted by Crippen LogP contribution is 2.25. The lowest BCUT2D eigenvalue weighted by Gasteiger charge is -2.35. The summed E-state index contributed by atoms with van der Waals surface area (Å²) in [6, 6.07) is 0.0817. The first-order valence-electron chi connectivity index (χ1n) is 8.79. The molecule has 1 aliphatic heterocycles. The van der Waals surface area contributed by atoms with E-state index in [1.165, 1.54) is 6.08 Å². The van der Waals surface area contributed by atoms with Gasteiger partial charge in [0.25, 0.3) is 0 Å². The summed E-state index contributed by atoms with van der Waals surface area (Å²) in [6.45, 7) is 4.38. The quantitative estimate of drug-likeness (QED) is 0.161. The average Bonchev–Trinajstić information content (AvgIpc) is 2.99. The number of likely N-dealkylation sites (N-methyl/N-ethyl adjacent to an activating group) is 1. The summed E-state index contributed by atoms with van der Waals surface area (Å²) < 4.78 is 5.53. The smallest absolute Gasteiger partial charge is 0.238 e. The van der Waals surface area contributed by atoms with Crippen molar-refractivity contribution in [2.24, 2.45) is 16.6 Å². The van der Waals surface area contributed by atoms with E-state index < -0.39 is 6.41 Å². The highest BCUT2D eigenvalue weighted by Gasteiger charge is 2.34. The maximum absolute atomic E-state index is 10.2. The molecule has 1 aliphatic carbocycles. The Kier molecular flexibility index (Phi) is 7.61. The first-order valence-corrected chi connectivity index (χ1v) is 8.79. The topological polar surface area (TPSA) is 132 Å². The number of aliphatic hydroxyl groups is 2. The minimum absolute atomic E-state index is 0.0817. The van der Waals surface area contributed by atoms with E-state index in [-0.39, 0.29) is 23.9 Å². The van der Waals surface area contributed by atoms with Crippen molar-refractivity contribution in [1.82, 2.24) is 10.2 Å². The molecule has 146 valence electrons. The molecule has 2 rings (SSSR count). The Hall–Kier alpha value is -1.91. The lowest BCUT2D eigenvalue weighted by atomic mass is 9.94. The van der Waals surface area contributed by atoms with E-state index in [0.29, 0.717) is 18.1 Å². The molecule has 0 aromatic carbocycles. The molecular formula is C17H30N6O3. The molecule has 1 heterocycles. The second kappa shape index (κ2) is 9.70. The van der Waals surface area contributed by atoms with Crippen molar-refractivity contribution in [3.8, 4) is 0 Å². The van der Waals surface area contributed by atoms with Gasteiger partial charge in [0.1, 0.15) is 11.9 Å². The van der Waals surface area contributed by atoms with Crippen LogP contribution in [0.4, 0.5) is 0 Å². The van der Waals surface area contributed by atoms with E-state index >= 15 is 0 Å². The van der Waals surface area contributed by atoms with Crippen LogP contribution in [0.25, 0.3) is 5.84 Å². The number of nitrogens with two attached hydrogens (primary N) is 1. The molecule has 5 atom stereocenters. The van der Waals surface area contributed by atoms with E-state index in [9.17, 15) is 5.11 Å². The number of nitrogens with one attached hydrogen (secondary N) is 3. The van der Waals surface area contributed by atoms with Gasteiger partial charge in [0.05, 0.1) is 32.0 Å². The number of aliphatic hydroxyl groups excluding tert-OH is 2. The molecule has 0 aromatic rings. The van der Waals surface area contributed by atoms with Gasteiger partial charge in [-0.2, -0.15) is 0 Å². The third kappa shape index (κ3) is 5.29. The molecule has 1 fully saturated rings. The van der Waals surface area contributed by atoms with Gasteiger partial charge in [-0.15, -0.1) is 0 Å². The molecule has 2 aliphatic rings. The highest BCUT2D eigenvalue weighted by atomic mass is 16.6. The molecule has 26 heavy (non-hydrogen) atoms. The zero-order valence-corrected chi connectivity index (χ0v) is 15.3. The van der Waals surface area contributed by atoms with Crippen molar-refractivity contribution in [1.29, 1.82) is 0 Å². The Morgan fingerprint density at radius 1 is 1.62 bits per heavy atom. The van der Waals surface area contributed by atoms with Crippen LogP contribution in [0, 0.1) is 5.92 Å². The minimum Gasteiger partial charge on any atom is -0.515 e. The molecule has 9 nitrogen and oxygen atoms in total. The van der Waals surface area contributed by atoms with Crippen LogP contribution < -0.4 is 16.1 Å². The van der Waals surface area contributed by atoms with Crippen LogP contribution in [-0.2, 0) is 4.74 Å². The van der Waals surface area contributed by atoms with E-state index in [1.807, 2.05) is 19.2 Å². The fourth-order valence-corrected chi connectivity index (χ4v) is 3.13. The molecule has 0 aromatic heterocycles. The van der Waals surface area contributed by atoms with Crippen LogP contribution in [0.15, 0.2) is 41.3 Å². The molecule has 0 radical (unpaired) electrons. The van der Waals surface area contributed by atoms with Gasteiger partial charge >= 0.3 is 0 Å². The van der Waals surface area contributed by atoms with Crippen molar-refractivity contribution in [2.75, 3.05) is 33.2 Å². The zero-order valence-electron chi connectivity index (χ0n) is 15.3. The number of allylic oxidation sites excluding steroid dienone is 1. The van der Waals surface area contributed by atoms with Crippen molar-refractivity contribution < 1.29 is 20.0 Å². The summed E-state index contributed by atoms with van der Waals surface area (Å²) in [6.07, 6.45) is 6.85. The molecular weight excluding hydrogens is 336 g/mol. The lowest BCUT2D eigenvalue weighted by Crippen LogP contribution is -3.11. The van der Waals surface area contributed by atoms with Gasteiger partial charge in [-0.25, -0.2) is 0 Å². The van der Waals surface area contributed by atoms with Gasteiger partial charge in [0, 0.05) is 24.2 Å². The summed E-state index contributed by atoms with van der Waals surface area (Å²) in [5, 5.41) is 22.6. The Bertz CT molecular complexity index is 577. The average molecular weight is 366 g/mol. The van der Waals surface area contributed by atoms with E-state index in [0.717, 1.165) is 25.0 Å². The number of hydrogen-bond acceptors (Lipinski definition) is 6. The van der Waals surface area contributed by atoms with Crippen molar-refractivity contribution >= 4 is 5.84 Å². The second-order valence-corrected chi connectivity index (χ2v) is 6.53. The number of hydrogen-bond donors (Lipinski definition) is 5. The predicted octanol–water partition coefficient (Wildman–Crippen LogP) is -1.08. The number of quaternary nitrogens is 1. The maximum atomic E-state index is 10.2. The van der Waals surface area contributed by atoms with Crippen molar-refractivity contribution in [3.63, 3.8) is 0 Å². The molecule has 7 N–H and O–H groups in total. The maximum Gasteiger partial charge on any atom is 0.238 e. The standard InChI is InChI=1S/C17H30N6O3/c1-12-9-13(3-4-15(12)23(19)7-6-20-2)22-11-14(26-17(22)25)10-21-16(18)5-8-24/h3-5,8-9,12,14-15,17,19-20,23-25H,6-7,10-11H2,1-2H3,(H2,18,21)/b8-5-. The number of ether oxygens (including phenoxy) is 1. The van der Waals surface area contributed by atoms with Gasteiger partial charge < -0.3 is 41.8 Å².